The van der Waals surface area contributed by atoms with Crippen LogP contribution in [0.1, 0.15) is 51.8 Å². The molecule has 0 saturated carbocycles. The number of aryl methyl sites for hydroxylation is 2. The summed E-state index contributed by atoms with van der Waals surface area (Å²) in [5.74, 6) is 0.193. The minimum absolute atomic E-state index is 0.0173. The molecule has 3 aromatic rings. The van der Waals surface area contributed by atoms with Crippen molar-refractivity contribution in [1.82, 2.24) is 19.3 Å². The Morgan fingerprint density at radius 3 is 2.69 bits per heavy atom. The Labute approximate surface area is 211 Å². The Bertz CT molecular complexity index is 1320. The Balaban J connectivity index is 1.32. The standard InChI is InChI=1S/C29H35FN4O2/c1-31(2)27-17-34(25-10-8-18-5-4-6-24(30)28(18)25)16-23(27)22-15-32(3)26-13-19(7-9-21(22)26)29(36)33-12-11-20(35)14-33/h4-7,9,13,15,20,23,25,27,35H,8,10-12,14,16-17H2,1-3H3/t20-,23+,25?,27-/m0/s1. The molecule has 3 heterocycles. The Kier molecular flexibility index (Phi) is 5.90. The summed E-state index contributed by atoms with van der Waals surface area (Å²) in [6, 6.07) is 12.0. The van der Waals surface area contributed by atoms with Gasteiger partial charge in [0, 0.05) is 79.5 Å². The molecule has 1 unspecified atom stereocenters. The maximum absolute atomic E-state index is 14.8. The lowest BCUT2D eigenvalue weighted by Crippen LogP contribution is -2.35. The molecule has 4 atom stereocenters. The number of fused-ring (bicyclic) bond motifs is 2. The number of benzene rings is 2. The van der Waals surface area contributed by atoms with Crippen molar-refractivity contribution in [2.75, 3.05) is 40.3 Å². The third-order valence-corrected chi connectivity index (χ3v) is 8.70. The topological polar surface area (TPSA) is 52.0 Å². The predicted molar refractivity (Wildman–Crippen MR) is 139 cm³/mol. The van der Waals surface area contributed by atoms with Crippen molar-refractivity contribution in [2.45, 2.75) is 43.4 Å². The molecule has 3 aliphatic rings. The van der Waals surface area contributed by atoms with E-state index in [4.69, 9.17) is 0 Å². The van der Waals surface area contributed by atoms with Gasteiger partial charge in [-0.25, -0.2) is 4.39 Å². The van der Waals surface area contributed by atoms with E-state index in [-0.39, 0.29) is 23.7 Å². The number of aliphatic hydroxyl groups excluding tert-OH is 1. The van der Waals surface area contributed by atoms with Gasteiger partial charge in [0.1, 0.15) is 5.82 Å². The van der Waals surface area contributed by atoms with Gasteiger partial charge >= 0.3 is 0 Å². The first kappa shape index (κ1) is 23.6. The number of likely N-dealkylation sites (N-methyl/N-ethyl adjacent to an activating group) is 1. The highest BCUT2D eigenvalue weighted by molar-refractivity contribution is 5.99. The van der Waals surface area contributed by atoms with E-state index in [0.29, 0.717) is 31.1 Å². The maximum atomic E-state index is 14.8. The number of nitrogens with zero attached hydrogens (tertiary/aromatic N) is 4. The third-order valence-electron chi connectivity index (χ3n) is 8.70. The fraction of sp³-hybridized carbons (Fsp3) is 0.483. The van der Waals surface area contributed by atoms with E-state index in [1.54, 1.807) is 11.0 Å². The number of carbonyl (C=O) groups excluding carboxylic acids is 1. The van der Waals surface area contributed by atoms with Gasteiger partial charge in [-0.15, -0.1) is 0 Å². The Morgan fingerprint density at radius 1 is 1.11 bits per heavy atom. The fourth-order valence-electron chi connectivity index (χ4n) is 6.83. The van der Waals surface area contributed by atoms with Gasteiger partial charge in [0.25, 0.3) is 5.91 Å². The van der Waals surface area contributed by atoms with Crippen molar-refractivity contribution >= 4 is 16.8 Å². The molecule has 0 bridgehead atoms. The van der Waals surface area contributed by atoms with Crippen LogP contribution in [0.15, 0.2) is 42.6 Å². The van der Waals surface area contributed by atoms with E-state index < -0.39 is 6.10 Å². The van der Waals surface area contributed by atoms with Gasteiger partial charge in [-0.05, 0) is 62.7 Å². The smallest absolute Gasteiger partial charge is 0.254 e. The highest BCUT2D eigenvalue weighted by atomic mass is 19.1. The minimum Gasteiger partial charge on any atom is -0.391 e. The van der Waals surface area contributed by atoms with Crippen LogP contribution in [0.3, 0.4) is 0 Å². The number of halogens is 1. The monoisotopic (exact) mass is 490 g/mol. The second kappa shape index (κ2) is 8.98. The van der Waals surface area contributed by atoms with Crippen LogP contribution in [0, 0.1) is 5.82 Å². The molecule has 1 N–H and O–H groups in total. The highest BCUT2D eigenvalue weighted by Gasteiger charge is 2.42. The summed E-state index contributed by atoms with van der Waals surface area (Å²) in [5.41, 5.74) is 5.04. The van der Waals surface area contributed by atoms with Gasteiger partial charge in [0.05, 0.1) is 6.10 Å². The summed E-state index contributed by atoms with van der Waals surface area (Å²) in [7, 11) is 6.31. The van der Waals surface area contributed by atoms with Crippen molar-refractivity contribution in [3.05, 3.63) is 70.7 Å². The summed E-state index contributed by atoms with van der Waals surface area (Å²) in [4.78, 5) is 19.6. The van der Waals surface area contributed by atoms with Crippen LogP contribution in [-0.4, -0.2) is 82.7 Å². The van der Waals surface area contributed by atoms with Crippen LogP contribution in [0.5, 0.6) is 0 Å². The molecule has 7 heteroatoms. The SMILES string of the molecule is CN(C)[C@H]1CN(C2CCc3cccc(F)c32)C[C@@H]1c1cn(C)c2cc(C(=O)N3CC[C@H](O)C3)ccc12. The van der Waals surface area contributed by atoms with E-state index in [1.807, 2.05) is 25.2 Å². The molecule has 190 valence electrons. The van der Waals surface area contributed by atoms with Crippen LogP contribution in [-0.2, 0) is 13.5 Å². The van der Waals surface area contributed by atoms with Gasteiger partial charge in [-0.2, -0.15) is 0 Å². The van der Waals surface area contributed by atoms with Gasteiger partial charge in [0.15, 0.2) is 0 Å². The van der Waals surface area contributed by atoms with Crippen molar-refractivity contribution in [1.29, 1.82) is 0 Å². The van der Waals surface area contributed by atoms with Crippen molar-refractivity contribution in [3.8, 4) is 0 Å². The molecule has 1 aromatic heterocycles. The summed E-state index contributed by atoms with van der Waals surface area (Å²) >= 11 is 0. The second-order valence-corrected chi connectivity index (χ2v) is 11.1. The fourth-order valence-corrected chi connectivity index (χ4v) is 6.83. The number of aliphatic hydroxyl groups is 1. The van der Waals surface area contributed by atoms with E-state index >= 15 is 0 Å². The number of hydrogen-bond donors (Lipinski definition) is 1. The van der Waals surface area contributed by atoms with Crippen LogP contribution in [0.25, 0.3) is 10.9 Å². The molecular formula is C29H35FN4O2. The molecule has 2 fully saturated rings. The zero-order valence-electron chi connectivity index (χ0n) is 21.3. The highest BCUT2D eigenvalue weighted by Crippen LogP contribution is 2.43. The molecule has 1 aliphatic carbocycles. The molecule has 2 saturated heterocycles. The number of carbonyl (C=O) groups is 1. The number of aromatic nitrogens is 1. The van der Waals surface area contributed by atoms with Gasteiger partial charge in [0.2, 0.25) is 0 Å². The van der Waals surface area contributed by atoms with E-state index in [0.717, 1.165) is 42.6 Å². The zero-order chi connectivity index (χ0) is 25.1. The van der Waals surface area contributed by atoms with Crippen LogP contribution >= 0.6 is 0 Å². The lowest BCUT2D eigenvalue weighted by molar-refractivity contribution is 0.0765. The van der Waals surface area contributed by atoms with Gasteiger partial charge < -0.3 is 19.5 Å². The molecular weight excluding hydrogens is 455 g/mol. The average Bonchev–Trinajstić information content (AvgIpc) is 3.63. The van der Waals surface area contributed by atoms with Crippen molar-refractivity contribution in [2.24, 2.45) is 7.05 Å². The summed E-state index contributed by atoms with van der Waals surface area (Å²) in [6.45, 7) is 2.79. The Morgan fingerprint density at radius 2 is 1.94 bits per heavy atom. The summed E-state index contributed by atoms with van der Waals surface area (Å²) in [5, 5.41) is 11.0. The Hall–Kier alpha value is -2.74. The van der Waals surface area contributed by atoms with Gasteiger partial charge in [-0.3, -0.25) is 9.69 Å². The molecule has 1 amide bonds. The number of β-amino-alcohol motifs (C(OH)–C–C–N with tert-alkyl or cyclic N) is 1. The first-order valence-corrected chi connectivity index (χ1v) is 13.1. The van der Waals surface area contributed by atoms with E-state index in [9.17, 15) is 14.3 Å². The van der Waals surface area contributed by atoms with E-state index in [2.05, 4.69) is 46.8 Å². The lowest BCUT2D eigenvalue weighted by atomic mass is 9.93. The minimum atomic E-state index is -0.423. The summed E-state index contributed by atoms with van der Waals surface area (Å²) < 4.78 is 17.0. The van der Waals surface area contributed by atoms with Crippen molar-refractivity contribution < 1.29 is 14.3 Å². The van der Waals surface area contributed by atoms with Crippen LogP contribution in [0.4, 0.5) is 4.39 Å². The number of amides is 1. The third kappa shape index (κ3) is 3.85. The molecule has 0 spiro atoms. The molecule has 6 nitrogen and oxygen atoms in total. The van der Waals surface area contributed by atoms with E-state index in [1.165, 1.54) is 10.9 Å². The largest absolute Gasteiger partial charge is 0.391 e. The molecule has 6 rings (SSSR count). The molecule has 2 aliphatic heterocycles. The number of likely N-dealkylation sites (tertiary alicyclic amines) is 2. The average molecular weight is 491 g/mol. The first-order chi connectivity index (χ1) is 17.3. The first-order valence-electron chi connectivity index (χ1n) is 13.1. The predicted octanol–water partition coefficient (Wildman–Crippen LogP) is 3.54. The van der Waals surface area contributed by atoms with Crippen LogP contribution in [0.2, 0.25) is 0 Å². The molecule has 36 heavy (non-hydrogen) atoms. The summed E-state index contributed by atoms with van der Waals surface area (Å²) in [6.07, 6.45) is 4.33. The zero-order valence-corrected chi connectivity index (χ0v) is 21.3. The maximum Gasteiger partial charge on any atom is 0.254 e. The number of rotatable bonds is 4. The quantitative estimate of drug-likeness (QED) is 0.608. The molecule has 2 aromatic carbocycles. The molecule has 0 radical (unpaired) electrons. The van der Waals surface area contributed by atoms with Gasteiger partial charge in [-0.1, -0.05) is 18.2 Å². The van der Waals surface area contributed by atoms with Crippen LogP contribution < -0.4 is 0 Å². The number of hydrogen-bond acceptors (Lipinski definition) is 4. The normalized spacial score (nSPS) is 26.4. The second-order valence-electron chi connectivity index (χ2n) is 11.1. The lowest BCUT2D eigenvalue weighted by Gasteiger charge is -2.26. The van der Waals surface area contributed by atoms with Crippen molar-refractivity contribution in [3.63, 3.8) is 0 Å².